The minimum atomic E-state index is 0.301. The van der Waals surface area contributed by atoms with E-state index in [1.54, 1.807) is 4.68 Å². The number of benzene rings is 2. The first-order chi connectivity index (χ1) is 11.7. The Morgan fingerprint density at radius 2 is 1.96 bits per heavy atom. The second kappa shape index (κ2) is 7.28. The molecule has 3 N–H and O–H groups in total. The molecule has 0 unspecified atom stereocenters. The van der Waals surface area contributed by atoms with Gasteiger partial charge in [0.25, 0.3) is 0 Å². The molecule has 1 heterocycles. The number of aromatic nitrogens is 3. The van der Waals surface area contributed by atoms with E-state index in [4.69, 9.17) is 10.5 Å². The Balaban J connectivity index is 1.64. The summed E-state index contributed by atoms with van der Waals surface area (Å²) in [6.45, 7) is 0.357. The molecule has 0 saturated heterocycles. The second-order valence-corrected chi connectivity index (χ2v) is 5.07. The molecule has 7 nitrogen and oxygen atoms in total. The van der Waals surface area contributed by atoms with Crippen LogP contribution in [0.5, 0.6) is 11.5 Å². The summed E-state index contributed by atoms with van der Waals surface area (Å²) in [5.41, 5.74) is 6.71. The van der Waals surface area contributed by atoms with Crippen LogP contribution < -0.4 is 15.8 Å². The summed E-state index contributed by atoms with van der Waals surface area (Å²) in [4.78, 5) is 8.35. The van der Waals surface area contributed by atoms with Crippen molar-refractivity contribution in [1.29, 1.82) is 0 Å². The molecule has 0 bridgehead atoms. The quantitative estimate of drug-likeness (QED) is 0.556. The van der Waals surface area contributed by atoms with Gasteiger partial charge >= 0.3 is 0 Å². The molecule has 3 rings (SSSR count). The van der Waals surface area contributed by atoms with Gasteiger partial charge in [0.2, 0.25) is 0 Å². The lowest BCUT2D eigenvalue weighted by molar-refractivity contribution is 0.483. The zero-order valence-electron chi connectivity index (χ0n) is 13.3. The number of aryl methyl sites for hydroxylation is 1. The zero-order chi connectivity index (χ0) is 16.8. The molecule has 0 fully saturated rings. The van der Waals surface area contributed by atoms with Crippen molar-refractivity contribution in [3.05, 3.63) is 66.7 Å². The first-order valence-corrected chi connectivity index (χ1v) is 7.43. The largest absolute Gasteiger partial charge is 0.457 e. The van der Waals surface area contributed by atoms with E-state index >= 15 is 0 Å². The number of guanidine groups is 1. The molecule has 1 aromatic heterocycles. The molecule has 122 valence electrons. The summed E-state index contributed by atoms with van der Waals surface area (Å²) in [6.07, 6.45) is 1.48. The van der Waals surface area contributed by atoms with Gasteiger partial charge in [0.15, 0.2) is 5.96 Å². The van der Waals surface area contributed by atoms with Crippen LogP contribution >= 0.6 is 0 Å². The van der Waals surface area contributed by atoms with Crippen molar-refractivity contribution in [2.45, 2.75) is 6.54 Å². The Kier molecular flexibility index (Phi) is 4.71. The van der Waals surface area contributed by atoms with Crippen molar-refractivity contribution >= 4 is 11.6 Å². The Morgan fingerprint density at radius 1 is 1.17 bits per heavy atom. The third-order valence-corrected chi connectivity index (χ3v) is 3.28. The van der Waals surface area contributed by atoms with Crippen LogP contribution in [0.4, 0.5) is 5.69 Å². The SMILES string of the molecule is Cn1ncnc1CN=C(N)Nc1cccc(Oc2ccccc2)c1. The highest BCUT2D eigenvalue weighted by atomic mass is 16.5. The van der Waals surface area contributed by atoms with Crippen molar-refractivity contribution < 1.29 is 4.74 Å². The van der Waals surface area contributed by atoms with Gasteiger partial charge in [-0.25, -0.2) is 9.98 Å². The third kappa shape index (κ3) is 4.10. The maximum Gasteiger partial charge on any atom is 0.193 e. The molecule has 0 spiro atoms. The Hall–Kier alpha value is -3.35. The molecule has 0 amide bonds. The van der Waals surface area contributed by atoms with E-state index in [9.17, 15) is 0 Å². The van der Waals surface area contributed by atoms with E-state index in [-0.39, 0.29) is 0 Å². The first kappa shape index (κ1) is 15.5. The maximum atomic E-state index is 5.92. The summed E-state index contributed by atoms with van der Waals surface area (Å²) < 4.78 is 7.45. The number of nitrogens with zero attached hydrogens (tertiary/aromatic N) is 4. The van der Waals surface area contributed by atoms with Gasteiger partial charge in [-0.15, -0.1) is 0 Å². The monoisotopic (exact) mass is 322 g/mol. The summed E-state index contributed by atoms with van der Waals surface area (Å²) in [6, 6.07) is 17.1. The number of aliphatic imine (C=N–C) groups is 1. The van der Waals surface area contributed by atoms with E-state index in [0.717, 1.165) is 17.3 Å². The molecular weight excluding hydrogens is 304 g/mol. The smallest absolute Gasteiger partial charge is 0.193 e. The van der Waals surface area contributed by atoms with E-state index in [0.29, 0.717) is 18.3 Å². The van der Waals surface area contributed by atoms with Crippen LogP contribution in [-0.4, -0.2) is 20.7 Å². The van der Waals surface area contributed by atoms with Crippen molar-refractivity contribution in [2.75, 3.05) is 5.32 Å². The van der Waals surface area contributed by atoms with E-state index in [1.807, 2.05) is 61.6 Å². The predicted octanol–water partition coefficient (Wildman–Crippen LogP) is 2.53. The normalized spacial score (nSPS) is 11.3. The fraction of sp³-hybridized carbons (Fsp3) is 0.118. The topological polar surface area (TPSA) is 90.4 Å². The van der Waals surface area contributed by atoms with Gasteiger partial charge in [0.05, 0.1) is 0 Å². The van der Waals surface area contributed by atoms with Crippen LogP contribution in [0.25, 0.3) is 0 Å². The van der Waals surface area contributed by atoms with Gasteiger partial charge in [-0.05, 0) is 24.3 Å². The molecular formula is C17H18N6O. The van der Waals surface area contributed by atoms with Crippen LogP contribution in [0, 0.1) is 0 Å². The van der Waals surface area contributed by atoms with Crippen LogP contribution in [0.1, 0.15) is 5.82 Å². The fourth-order valence-corrected chi connectivity index (χ4v) is 2.07. The molecule has 24 heavy (non-hydrogen) atoms. The highest BCUT2D eigenvalue weighted by Gasteiger charge is 2.02. The van der Waals surface area contributed by atoms with Gasteiger partial charge < -0.3 is 15.8 Å². The average molecular weight is 322 g/mol. The number of ether oxygens (including phenoxy) is 1. The van der Waals surface area contributed by atoms with Gasteiger partial charge in [-0.3, -0.25) is 4.68 Å². The molecule has 0 aliphatic carbocycles. The van der Waals surface area contributed by atoms with Gasteiger partial charge in [-0.1, -0.05) is 24.3 Å². The lowest BCUT2D eigenvalue weighted by atomic mass is 10.3. The standard InChI is InChI=1S/C17H18N6O/c1-23-16(20-12-21-23)11-19-17(18)22-13-6-5-9-15(10-13)24-14-7-3-2-4-8-14/h2-10,12H,11H2,1H3,(H3,18,19,22). The zero-order valence-corrected chi connectivity index (χ0v) is 13.3. The number of hydrogen-bond donors (Lipinski definition) is 2. The van der Waals surface area contributed by atoms with E-state index in [1.165, 1.54) is 6.33 Å². The number of hydrogen-bond acceptors (Lipinski definition) is 4. The fourth-order valence-electron chi connectivity index (χ4n) is 2.07. The number of nitrogens with two attached hydrogens (primary N) is 1. The number of para-hydroxylation sites is 1. The van der Waals surface area contributed by atoms with Crippen LogP contribution in [0.2, 0.25) is 0 Å². The molecule has 3 aromatic rings. The molecule has 0 aliphatic rings. The van der Waals surface area contributed by atoms with E-state index in [2.05, 4.69) is 20.4 Å². The van der Waals surface area contributed by atoms with Crippen molar-refractivity contribution in [1.82, 2.24) is 14.8 Å². The summed E-state index contributed by atoms with van der Waals surface area (Å²) in [7, 11) is 1.81. The predicted molar refractivity (Wildman–Crippen MR) is 92.9 cm³/mol. The molecule has 7 heteroatoms. The minimum absolute atomic E-state index is 0.301. The number of nitrogens with one attached hydrogen (secondary N) is 1. The minimum Gasteiger partial charge on any atom is -0.457 e. The summed E-state index contributed by atoms with van der Waals surface area (Å²) in [5, 5.41) is 7.03. The highest BCUT2D eigenvalue weighted by molar-refractivity contribution is 5.92. The third-order valence-electron chi connectivity index (χ3n) is 3.28. The lowest BCUT2D eigenvalue weighted by Gasteiger charge is -2.09. The van der Waals surface area contributed by atoms with Crippen molar-refractivity contribution in [2.24, 2.45) is 17.8 Å². The van der Waals surface area contributed by atoms with Gasteiger partial charge in [0.1, 0.15) is 30.2 Å². The van der Waals surface area contributed by atoms with Crippen molar-refractivity contribution in [3.63, 3.8) is 0 Å². The van der Waals surface area contributed by atoms with Crippen LogP contribution in [0.3, 0.4) is 0 Å². The Morgan fingerprint density at radius 3 is 2.71 bits per heavy atom. The Labute approximate surface area is 139 Å². The van der Waals surface area contributed by atoms with E-state index < -0.39 is 0 Å². The molecule has 0 radical (unpaired) electrons. The first-order valence-electron chi connectivity index (χ1n) is 7.43. The molecule has 0 atom stereocenters. The highest BCUT2D eigenvalue weighted by Crippen LogP contribution is 2.23. The summed E-state index contributed by atoms with van der Waals surface area (Å²) >= 11 is 0. The molecule has 2 aromatic carbocycles. The maximum absolute atomic E-state index is 5.92. The van der Waals surface area contributed by atoms with Crippen LogP contribution in [-0.2, 0) is 13.6 Å². The average Bonchev–Trinajstić information content (AvgIpc) is 2.99. The number of rotatable bonds is 5. The lowest BCUT2D eigenvalue weighted by Crippen LogP contribution is -2.22. The Bertz CT molecular complexity index is 828. The van der Waals surface area contributed by atoms with Gasteiger partial charge in [0, 0.05) is 18.8 Å². The van der Waals surface area contributed by atoms with Crippen molar-refractivity contribution in [3.8, 4) is 11.5 Å². The molecule has 0 aliphatic heterocycles. The number of anilines is 1. The van der Waals surface area contributed by atoms with Gasteiger partial charge in [-0.2, -0.15) is 5.10 Å². The second-order valence-electron chi connectivity index (χ2n) is 5.07. The van der Waals surface area contributed by atoms with Crippen LogP contribution in [0.15, 0.2) is 65.9 Å². The summed E-state index contributed by atoms with van der Waals surface area (Å²) in [5.74, 6) is 2.53. The molecule has 0 saturated carbocycles.